The normalized spacial score (nSPS) is 10.2. The molecule has 0 aliphatic heterocycles. The van der Waals surface area contributed by atoms with E-state index in [0.29, 0.717) is 6.61 Å². The van der Waals surface area contributed by atoms with Crippen LogP contribution in [0.2, 0.25) is 0 Å². The van der Waals surface area contributed by atoms with Crippen molar-refractivity contribution in [2.24, 2.45) is 0 Å². The van der Waals surface area contributed by atoms with Crippen LogP contribution in [0.4, 0.5) is 0 Å². The molecule has 2 radical (unpaired) electrons. The van der Waals surface area contributed by atoms with Crippen molar-refractivity contribution < 1.29 is 20.1 Å². The van der Waals surface area contributed by atoms with Gasteiger partial charge in [0.1, 0.15) is 0 Å². The zero-order chi connectivity index (χ0) is 15.3. The topological polar surface area (TPSA) is 69.3 Å². The molecule has 0 aromatic heterocycles. The maximum absolute atomic E-state index is 9.99. The largest absolute Gasteiger partial charge is 0.396 e. The fraction of sp³-hybridized carbons (Fsp3) is 1.00. The van der Waals surface area contributed by atoms with E-state index in [4.69, 9.17) is 9.84 Å². The van der Waals surface area contributed by atoms with Crippen LogP contribution in [0.15, 0.2) is 0 Å². The first-order chi connectivity index (χ1) is 9.83. The number of unbranched alkanes of at least 4 members (excludes halogenated alkanes) is 8. The molecule has 0 heterocycles. The van der Waals surface area contributed by atoms with Gasteiger partial charge in [0.2, 0.25) is 0 Å². The molecule has 0 unspecified atom stereocenters. The van der Waals surface area contributed by atoms with Crippen LogP contribution < -0.4 is 0 Å². The SMILES string of the molecule is CCOCCCCCC[O].[O]CCCCCCCCO. The van der Waals surface area contributed by atoms with E-state index in [-0.39, 0.29) is 13.2 Å². The van der Waals surface area contributed by atoms with Gasteiger partial charge in [-0.2, -0.15) is 0 Å². The van der Waals surface area contributed by atoms with Crippen molar-refractivity contribution in [1.29, 1.82) is 0 Å². The van der Waals surface area contributed by atoms with Crippen molar-refractivity contribution in [2.75, 3.05) is 33.0 Å². The van der Waals surface area contributed by atoms with Crippen molar-refractivity contribution in [3.8, 4) is 0 Å². The summed E-state index contributed by atoms with van der Waals surface area (Å²) in [4.78, 5) is 0. The predicted octanol–water partition coefficient (Wildman–Crippen LogP) is 3.76. The van der Waals surface area contributed by atoms with Crippen LogP contribution in [-0.4, -0.2) is 38.1 Å². The minimum Gasteiger partial charge on any atom is -0.396 e. The Morgan fingerprint density at radius 3 is 1.60 bits per heavy atom. The van der Waals surface area contributed by atoms with Crippen molar-refractivity contribution in [3.05, 3.63) is 0 Å². The standard InChI is InChI=1S/2C8H17O2/c1-2-10-8-6-4-3-5-7-9;9-7-5-3-1-2-4-6-8-10/h2-8H2,1H3;9H,1-8H2. The third kappa shape index (κ3) is 26.4. The maximum Gasteiger partial charge on any atom is 0.0822 e. The average molecular weight is 290 g/mol. The van der Waals surface area contributed by atoms with Crippen molar-refractivity contribution >= 4 is 0 Å². The van der Waals surface area contributed by atoms with Gasteiger partial charge in [-0.1, -0.05) is 38.5 Å². The van der Waals surface area contributed by atoms with Gasteiger partial charge in [-0.3, -0.25) is 0 Å². The van der Waals surface area contributed by atoms with E-state index >= 15 is 0 Å². The molecule has 0 aromatic rings. The minimum absolute atomic E-state index is 0.0694. The van der Waals surface area contributed by atoms with Crippen LogP contribution in [-0.2, 0) is 14.9 Å². The number of ether oxygens (including phenoxy) is 1. The molecule has 0 saturated carbocycles. The first-order valence-corrected chi connectivity index (χ1v) is 8.18. The first-order valence-electron chi connectivity index (χ1n) is 8.18. The Kier molecular flexibility index (Phi) is 26.4. The molecule has 0 aliphatic rings. The average Bonchev–Trinajstić information content (AvgIpc) is 2.47. The lowest BCUT2D eigenvalue weighted by Gasteiger charge is -1.99. The molecular formula is C16H34O4. The van der Waals surface area contributed by atoms with E-state index in [1.165, 1.54) is 6.42 Å². The lowest BCUT2D eigenvalue weighted by Crippen LogP contribution is -1.93. The Labute approximate surface area is 125 Å². The van der Waals surface area contributed by atoms with Crippen molar-refractivity contribution in [3.63, 3.8) is 0 Å². The first kappa shape index (κ1) is 22.1. The summed E-state index contributed by atoms with van der Waals surface area (Å²) in [5.74, 6) is 0. The fourth-order valence-corrected chi connectivity index (χ4v) is 1.73. The minimum atomic E-state index is 0.0694. The molecule has 0 spiro atoms. The van der Waals surface area contributed by atoms with Gasteiger partial charge >= 0.3 is 0 Å². The molecule has 4 nitrogen and oxygen atoms in total. The quantitative estimate of drug-likeness (QED) is 0.495. The molecular weight excluding hydrogens is 256 g/mol. The molecule has 1 N–H and O–H groups in total. The molecule has 4 heteroatoms. The highest BCUT2D eigenvalue weighted by atomic mass is 16.5. The summed E-state index contributed by atoms with van der Waals surface area (Å²) < 4.78 is 5.14. The zero-order valence-corrected chi connectivity index (χ0v) is 13.3. The van der Waals surface area contributed by atoms with Gasteiger partial charge in [-0.05, 0) is 32.6 Å². The Balaban J connectivity index is 0. The van der Waals surface area contributed by atoms with Crippen LogP contribution in [0, 0.1) is 0 Å². The smallest absolute Gasteiger partial charge is 0.0822 e. The summed E-state index contributed by atoms with van der Waals surface area (Å²) in [6.07, 6.45) is 10.4. The summed E-state index contributed by atoms with van der Waals surface area (Å²) in [5.41, 5.74) is 0. The second-order valence-corrected chi connectivity index (χ2v) is 4.86. The number of aliphatic hydroxyl groups is 1. The van der Waals surface area contributed by atoms with Crippen LogP contribution in [0.25, 0.3) is 0 Å². The second-order valence-electron chi connectivity index (χ2n) is 4.86. The molecule has 20 heavy (non-hydrogen) atoms. The summed E-state index contributed by atoms with van der Waals surface area (Å²) in [7, 11) is 0. The zero-order valence-electron chi connectivity index (χ0n) is 13.3. The highest BCUT2D eigenvalue weighted by molar-refractivity contribution is 4.43. The van der Waals surface area contributed by atoms with Crippen LogP contribution in [0.3, 0.4) is 0 Å². The Morgan fingerprint density at radius 1 is 0.700 bits per heavy atom. The predicted molar refractivity (Wildman–Crippen MR) is 80.9 cm³/mol. The summed E-state index contributed by atoms with van der Waals surface area (Å²) in [5, 5.41) is 28.4. The van der Waals surface area contributed by atoms with Gasteiger partial charge in [0, 0.05) is 19.8 Å². The number of aliphatic hydroxyl groups excluding tert-OH is 1. The number of hydrogen-bond acceptors (Lipinski definition) is 2. The van der Waals surface area contributed by atoms with Gasteiger partial charge in [-0.25, -0.2) is 10.2 Å². The van der Waals surface area contributed by atoms with E-state index in [2.05, 4.69) is 0 Å². The van der Waals surface area contributed by atoms with Gasteiger partial charge in [-0.15, -0.1) is 0 Å². The molecule has 0 amide bonds. The van der Waals surface area contributed by atoms with Gasteiger partial charge in [0.15, 0.2) is 0 Å². The van der Waals surface area contributed by atoms with E-state index in [1.54, 1.807) is 0 Å². The molecule has 0 aromatic carbocycles. The maximum atomic E-state index is 9.99. The Morgan fingerprint density at radius 2 is 1.15 bits per heavy atom. The third-order valence-corrected chi connectivity index (χ3v) is 2.94. The molecule has 122 valence electrons. The third-order valence-electron chi connectivity index (χ3n) is 2.94. The van der Waals surface area contributed by atoms with Crippen LogP contribution >= 0.6 is 0 Å². The molecule has 0 atom stereocenters. The fourth-order valence-electron chi connectivity index (χ4n) is 1.73. The molecule has 0 bridgehead atoms. The molecule has 0 saturated heterocycles. The number of rotatable bonds is 14. The van der Waals surface area contributed by atoms with Crippen molar-refractivity contribution in [2.45, 2.75) is 71.1 Å². The van der Waals surface area contributed by atoms with Crippen LogP contribution in [0.5, 0.6) is 0 Å². The van der Waals surface area contributed by atoms with E-state index in [9.17, 15) is 10.2 Å². The van der Waals surface area contributed by atoms with Crippen LogP contribution in [0.1, 0.15) is 71.1 Å². The number of hydrogen-bond donors (Lipinski definition) is 1. The molecule has 0 fully saturated rings. The van der Waals surface area contributed by atoms with Gasteiger partial charge in [0.05, 0.1) is 13.2 Å². The Hall–Kier alpha value is -0.160. The lowest BCUT2D eigenvalue weighted by atomic mass is 10.1. The van der Waals surface area contributed by atoms with Gasteiger partial charge in [0.25, 0.3) is 0 Å². The van der Waals surface area contributed by atoms with Gasteiger partial charge < -0.3 is 9.84 Å². The monoisotopic (exact) mass is 290 g/mol. The highest BCUT2D eigenvalue weighted by Crippen LogP contribution is 2.04. The van der Waals surface area contributed by atoms with E-state index in [1.807, 2.05) is 6.92 Å². The van der Waals surface area contributed by atoms with E-state index < -0.39 is 0 Å². The molecule has 0 rings (SSSR count). The van der Waals surface area contributed by atoms with Crippen molar-refractivity contribution in [1.82, 2.24) is 0 Å². The summed E-state index contributed by atoms with van der Waals surface area (Å²) in [6.45, 7) is 4.12. The highest BCUT2D eigenvalue weighted by Gasteiger charge is 1.89. The summed E-state index contributed by atoms with van der Waals surface area (Å²) in [6, 6.07) is 0. The summed E-state index contributed by atoms with van der Waals surface area (Å²) >= 11 is 0. The Bertz CT molecular complexity index is 110. The molecule has 0 aliphatic carbocycles. The van der Waals surface area contributed by atoms with E-state index in [0.717, 1.165) is 71.0 Å². The second kappa shape index (κ2) is 23.9. The lowest BCUT2D eigenvalue weighted by molar-refractivity contribution is 0.140.